The van der Waals surface area contributed by atoms with Crippen LogP contribution in [-0.4, -0.2) is 31.6 Å². The van der Waals surface area contributed by atoms with Gasteiger partial charge in [-0.15, -0.1) is 0 Å². The summed E-state index contributed by atoms with van der Waals surface area (Å²) >= 11 is 0. The van der Waals surface area contributed by atoms with E-state index in [1.165, 1.54) is 0 Å². The molecule has 25 heavy (non-hydrogen) atoms. The van der Waals surface area contributed by atoms with Crippen LogP contribution in [0.15, 0.2) is 53.5 Å². The van der Waals surface area contributed by atoms with Crippen molar-refractivity contribution in [3.63, 3.8) is 0 Å². The van der Waals surface area contributed by atoms with Gasteiger partial charge in [-0.3, -0.25) is 4.99 Å². The highest BCUT2D eigenvalue weighted by atomic mass is 16.5. The Morgan fingerprint density at radius 2 is 1.60 bits per heavy atom. The first-order valence-corrected chi connectivity index (χ1v) is 8.91. The summed E-state index contributed by atoms with van der Waals surface area (Å²) in [6, 6.07) is 16.2. The molecular formula is C21H26N2O2. The monoisotopic (exact) mass is 338 g/mol. The normalized spacial score (nSPS) is 14.8. The second-order valence-electron chi connectivity index (χ2n) is 6.65. The van der Waals surface area contributed by atoms with Gasteiger partial charge in [-0.05, 0) is 25.0 Å². The number of amidine groups is 1. The van der Waals surface area contributed by atoms with Crippen LogP contribution in [0.4, 0.5) is 0 Å². The molecule has 1 unspecified atom stereocenters. The van der Waals surface area contributed by atoms with E-state index in [0.29, 0.717) is 12.5 Å². The molecule has 1 aliphatic rings. The van der Waals surface area contributed by atoms with Crippen LogP contribution in [0.3, 0.4) is 0 Å². The van der Waals surface area contributed by atoms with Gasteiger partial charge in [0.05, 0.1) is 13.2 Å². The molecule has 0 aliphatic carbocycles. The maximum absolute atomic E-state index is 6.22. The van der Waals surface area contributed by atoms with Gasteiger partial charge in [0.25, 0.3) is 0 Å². The van der Waals surface area contributed by atoms with E-state index in [-0.39, 0.29) is 6.10 Å². The van der Waals surface area contributed by atoms with E-state index in [2.05, 4.69) is 36.3 Å². The number of rotatable bonds is 7. The maximum Gasteiger partial charge on any atom is 0.152 e. The summed E-state index contributed by atoms with van der Waals surface area (Å²) in [5.41, 5.74) is 2.08. The maximum atomic E-state index is 6.22. The lowest BCUT2D eigenvalue weighted by molar-refractivity contribution is 0.271. The van der Waals surface area contributed by atoms with E-state index >= 15 is 0 Å². The zero-order valence-electron chi connectivity index (χ0n) is 15.2. The van der Waals surface area contributed by atoms with Crippen molar-refractivity contribution >= 4 is 5.84 Å². The number of ether oxygens (including phenoxy) is 2. The number of nitrogens with zero attached hydrogens (tertiary/aromatic N) is 1. The summed E-state index contributed by atoms with van der Waals surface area (Å²) in [6.07, 6.45) is -0.104. The third-order valence-corrected chi connectivity index (χ3v) is 4.03. The average molecular weight is 338 g/mol. The molecule has 0 saturated carbocycles. The van der Waals surface area contributed by atoms with Crippen LogP contribution in [0.5, 0.6) is 11.5 Å². The molecule has 0 spiro atoms. The fourth-order valence-corrected chi connectivity index (χ4v) is 2.80. The highest BCUT2D eigenvalue weighted by Gasteiger charge is 2.18. The summed E-state index contributed by atoms with van der Waals surface area (Å²) in [6.45, 7) is 8.72. The zero-order chi connectivity index (χ0) is 17.6. The van der Waals surface area contributed by atoms with Crippen molar-refractivity contribution in [3.05, 3.63) is 48.5 Å². The van der Waals surface area contributed by atoms with Gasteiger partial charge in [0, 0.05) is 17.7 Å². The molecule has 3 rings (SSSR count). The Hall–Kier alpha value is -2.49. The van der Waals surface area contributed by atoms with Crippen LogP contribution in [0, 0.1) is 5.92 Å². The molecular weight excluding hydrogens is 312 g/mol. The van der Waals surface area contributed by atoms with Crippen molar-refractivity contribution in [2.45, 2.75) is 26.9 Å². The molecule has 132 valence electrons. The quantitative estimate of drug-likeness (QED) is 0.824. The third kappa shape index (κ3) is 4.32. The van der Waals surface area contributed by atoms with Crippen molar-refractivity contribution < 1.29 is 9.47 Å². The first-order valence-electron chi connectivity index (χ1n) is 8.91. The van der Waals surface area contributed by atoms with Gasteiger partial charge in [-0.25, -0.2) is 0 Å². The molecule has 4 heteroatoms. The number of hydrogen-bond acceptors (Lipinski definition) is 4. The Labute approximate surface area is 149 Å². The summed E-state index contributed by atoms with van der Waals surface area (Å²) in [7, 11) is 0. The molecule has 0 bridgehead atoms. The Balaban J connectivity index is 1.88. The van der Waals surface area contributed by atoms with Crippen LogP contribution in [0.25, 0.3) is 11.1 Å². The van der Waals surface area contributed by atoms with Crippen LogP contribution in [0.1, 0.15) is 20.8 Å². The summed E-state index contributed by atoms with van der Waals surface area (Å²) in [5, 5.41) is 3.28. The number of hydrogen-bond donors (Lipinski definition) is 1. The minimum Gasteiger partial charge on any atom is -0.493 e. The van der Waals surface area contributed by atoms with Crippen LogP contribution in [0.2, 0.25) is 0 Å². The average Bonchev–Trinajstić information content (AvgIpc) is 3.15. The van der Waals surface area contributed by atoms with E-state index in [1.807, 2.05) is 43.3 Å². The predicted molar refractivity (Wildman–Crippen MR) is 103 cm³/mol. The largest absolute Gasteiger partial charge is 0.493 e. The number of para-hydroxylation sites is 2. The van der Waals surface area contributed by atoms with E-state index in [0.717, 1.165) is 41.6 Å². The zero-order valence-corrected chi connectivity index (χ0v) is 15.2. The summed E-state index contributed by atoms with van der Waals surface area (Å²) in [4.78, 5) is 4.46. The lowest BCUT2D eigenvalue weighted by atomic mass is 10.0. The second kappa shape index (κ2) is 8.06. The van der Waals surface area contributed by atoms with Crippen LogP contribution < -0.4 is 14.8 Å². The molecule has 0 radical (unpaired) electrons. The number of nitrogens with one attached hydrogen (secondary N) is 1. The lowest BCUT2D eigenvalue weighted by Gasteiger charge is -2.19. The molecule has 2 aromatic rings. The van der Waals surface area contributed by atoms with Crippen molar-refractivity contribution in [1.29, 1.82) is 0 Å². The predicted octanol–water partition coefficient (Wildman–Crippen LogP) is 4.16. The van der Waals surface area contributed by atoms with Crippen molar-refractivity contribution in [1.82, 2.24) is 5.32 Å². The molecule has 1 heterocycles. The number of benzene rings is 2. The second-order valence-corrected chi connectivity index (χ2v) is 6.65. The van der Waals surface area contributed by atoms with Gasteiger partial charge in [0.15, 0.2) is 6.10 Å². The topological polar surface area (TPSA) is 42.9 Å². The third-order valence-electron chi connectivity index (χ3n) is 4.03. The Morgan fingerprint density at radius 1 is 0.960 bits per heavy atom. The van der Waals surface area contributed by atoms with E-state index < -0.39 is 0 Å². The van der Waals surface area contributed by atoms with E-state index in [4.69, 9.17) is 9.47 Å². The lowest BCUT2D eigenvalue weighted by Crippen LogP contribution is -2.33. The van der Waals surface area contributed by atoms with Crippen molar-refractivity contribution in [2.75, 3.05) is 19.7 Å². The Morgan fingerprint density at radius 3 is 2.24 bits per heavy atom. The molecule has 1 aliphatic heterocycles. The SMILES string of the molecule is CC(C)COc1ccccc1-c1ccccc1OC(C)C1=NCCN1. The Kier molecular flexibility index (Phi) is 5.59. The fourth-order valence-electron chi connectivity index (χ4n) is 2.80. The minimum absolute atomic E-state index is 0.104. The standard InChI is InChI=1S/C21H26N2O2/c1-15(2)14-24-19-10-6-4-8-17(19)18-9-5-7-11-20(18)25-16(3)21-22-12-13-23-21/h4-11,15-16H,12-14H2,1-3H3,(H,22,23). The molecule has 0 amide bonds. The van der Waals surface area contributed by atoms with E-state index in [1.54, 1.807) is 0 Å². The Bertz CT molecular complexity index is 740. The van der Waals surface area contributed by atoms with Gasteiger partial charge in [0.1, 0.15) is 17.3 Å². The van der Waals surface area contributed by atoms with Gasteiger partial charge in [-0.2, -0.15) is 0 Å². The van der Waals surface area contributed by atoms with Gasteiger partial charge < -0.3 is 14.8 Å². The summed E-state index contributed by atoms with van der Waals surface area (Å²) < 4.78 is 12.2. The first-order chi connectivity index (χ1) is 12.1. The van der Waals surface area contributed by atoms with Gasteiger partial charge in [-0.1, -0.05) is 50.2 Å². The molecule has 0 aromatic heterocycles. The summed E-state index contributed by atoms with van der Waals surface area (Å²) in [5.74, 6) is 3.12. The molecule has 1 N–H and O–H groups in total. The fraction of sp³-hybridized carbons (Fsp3) is 0.381. The number of aliphatic imine (C=N–C) groups is 1. The molecule has 1 atom stereocenters. The molecule has 0 saturated heterocycles. The van der Waals surface area contributed by atoms with Gasteiger partial charge >= 0.3 is 0 Å². The van der Waals surface area contributed by atoms with Crippen LogP contribution in [-0.2, 0) is 0 Å². The smallest absolute Gasteiger partial charge is 0.152 e. The molecule has 0 fully saturated rings. The minimum atomic E-state index is -0.104. The van der Waals surface area contributed by atoms with Crippen molar-refractivity contribution in [3.8, 4) is 22.6 Å². The first kappa shape index (κ1) is 17.3. The van der Waals surface area contributed by atoms with Gasteiger partial charge in [0.2, 0.25) is 0 Å². The highest BCUT2D eigenvalue weighted by molar-refractivity contribution is 5.88. The van der Waals surface area contributed by atoms with Crippen LogP contribution >= 0.6 is 0 Å². The molecule has 2 aromatic carbocycles. The molecule has 4 nitrogen and oxygen atoms in total. The van der Waals surface area contributed by atoms with Crippen molar-refractivity contribution in [2.24, 2.45) is 10.9 Å². The van der Waals surface area contributed by atoms with E-state index in [9.17, 15) is 0 Å². The highest BCUT2D eigenvalue weighted by Crippen LogP contribution is 2.36.